The van der Waals surface area contributed by atoms with Gasteiger partial charge in [0, 0.05) is 0 Å². The van der Waals surface area contributed by atoms with Crippen molar-refractivity contribution in [3.8, 4) is 0 Å². The number of hydrogen-bond donors (Lipinski definition) is 1. The highest BCUT2D eigenvalue weighted by Crippen LogP contribution is 2.33. The Bertz CT molecular complexity index is 292. The second kappa shape index (κ2) is 6.67. The van der Waals surface area contributed by atoms with Gasteiger partial charge < -0.3 is 9.66 Å². The zero-order valence-electron chi connectivity index (χ0n) is 7.64. The molecule has 7 nitrogen and oxygen atoms in total. The van der Waals surface area contributed by atoms with E-state index in [9.17, 15) is 30.5 Å². The monoisotopic (exact) mass is 305 g/mol. The maximum Gasteiger partial charge on any atom is 0.462 e. The molecule has 0 aromatic heterocycles. The van der Waals surface area contributed by atoms with E-state index >= 15 is 0 Å². The van der Waals surface area contributed by atoms with Crippen LogP contribution in [0, 0.1) is 0 Å². The lowest BCUT2D eigenvalue weighted by Gasteiger charge is -2.19. The molecule has 17 heavy (non-hydrogen) atoms. The van der Waals surface area contributed by atoms with Crippen LogP contribution in [-0.2, 0) is 35.3 Å². The van der Waals surface area contributed by atoms with Crippen molar-refractivity contribution in [3.63, 3.8) is 0 Å². The van der Waals surface area contributed by atoms with Gasteiger partial charge in [-0.3, -0.25) is 8.37 Å². The van der Waals surface area contributed by atoms with E-state index < -0.39 is 48.2 Å². The van der Waals surface area contributed by atoms with E-state index in [2.05, 4.69) is 12.5 Å². The first-order valence-corrected chi connectivity index (χ1v) is 5.51. The van der Waals surface area contributed by atoms with E-state index in [1.165, 1.54) is 0 Å². The van der Waals surface area contributed by atoms with Gasteiger partial charge in [0.2, 0.25) is 0 Å². The Morgan fingerprint density at radius 3 is 2.00 bits per heavy atom. The third-order valence-electron chi connectivity index (χ3n) is 0.965. The van der Waals surface area contributed by atoms with E-state index in [1.54, 1.807) is 0 Å². The number of hydrogen-bond acceptors (Lipinski definition) is 7. The molecule has 13 heteroatoms. The molecular formula is C4H5F4O7S2-. The summed E-state index contributed by atoms with van der Waals surface area (Å²) < 4.78 is 88.5. The van der Waals surface area contributed by atoms with Crippen LogP contribution >= 0.6 is 0 Å². The van der Waals surface area contributed by atoms with E-state index in [1.807, 2.05) is 0 Å². The van der Waals surface area contributed by atoms with Crippen molar-refractivity contribution in [2.75, 3.05) is 13.2 Å². The highest BCUT2D eigenvalue weighted by atomic mass is 32.2. The molecule has 0 aliphatic carbocycles. The molecule has 0 bridgehead atoms. The average molecular weight is 305 g/mol. The Morgan fingerprint density at radius 1 is 1.12 bits per heavy atom. The third kappa shape index (κ3) is 6.97. The van der Waals surface area contributed by atoms with Crippen molar-refractivity contribution >= 4 is 22.7 Å². The van der Waals surface area contributed by atoms with Crippen LogP contribution in [0.3, 0.4) is 0 Å². The topological polar surface area (TPSA) is 105 Å². The summed E-state index contributed by atoms with van der Waals surface area (Å²) in [6, 6.07) is 0. The zero-order chi connectivity index (χ0) is 13.7. The molecule has 0 fully saturated rings. The van der Waals surface area contributed by atoms with Crippen molar-refractivity contribution in [2.24, 2.45) is 0 Å². The van der Waals surface area contributed by atoms with Gasteiger partial charge in [0.15, 0.2) is 0 Å². The molecule has 0 aromatic carbocycles. The van der Waals surface area contributed by atoms with Gasteiger partial charge in [-0.2, -0.15) is 26.0 Å². The molecule has 0 heterocycles. The smallest absolute Gasteiger partial charge is 0.462 e. The van der Waals surface area contributed by atoms with Crippen LogP contribution in [0.1, 0.15) is 0 Å². The molecule has 0 rings (SSSR count). The number of aliphatic hydroxyl groups is 1. The number of alkyl halides is 4. The Labute approximate surface area is 97.0 Å². The Morgan fingerprint density at radius 2 is 1.59 bits per heavy atom. The summed E-state index contributed by atoms with van der Waals surface area (Å²) in [6.07, 6.45) is -11.0. The van der Waals surface area contributed by atoms with Gasteiger partial charge in [-0.25, -0.2) is 4.21 Å². The van der Waals surface area contributed by atoms with E-state index in [0.29, 0.717) is 0 Å². The molecule has 0 aromatic rings. The van der Waals surface area contributed by atoms with Crippen molar-refractivity contribution in [3.05, 3.63) is 0 Å². The van der Waals surface area contributed by atoms with Gasteiger partial charge in [0.05, 0.1) is 24.6 Å². The quantitative estimate of drug-likeness (QED) is 0.369. The van der Waals surface area contributed by atoms with Crippen molar-refractivity contribution in [1.82, 2.24) is 0 Å². The zero-order valence-corrected chi connectivity index (χ0v) is 9.27. The maximum absolute atomic E-state index is 12.2. The summed E-state index contributed by atoms with van der Waals surface area (Å²) >= 11 is -6.21. The lowest BCUT2D eigenvalue weighted by Crippen LogP contribution is -2.43. The standard InChI is InChI=1S/C4H6F4O7S2/c5-3(6,9)4(7,8)15-17(12)14-2-1-13-16(10)11/h9H,1-2H2,(H,10,11)/p-1. The van der Waals surface area contributed by atoms with Crippen molar-refractivity contribution in [2.45, 2.75) is 12.2 Å². The van der Waals surface area contributed by atoms with Crippen LogP contribution < -0.4 is 0 Å². The molecule has 0 saturated carbocycles. The summed E-state index contributed by atoms with van der Waals surface area (Å²) in [7, 11) is 0. The summed E-state index contributed by atoms with van der Waals surface area (Å²) in [6.45, 7) is -1.47. The normalized spacial score (nSPS) is 16.8. The lowest BCUT2D eigenvalue weighted by atomic mass is 10.6. The van der Waals surface area contributed by atoms with Crippen LogP contribution in [-0.4, -0.2) is 43.5 Å². The highest BCUT2D eigenvalue weighted by Gasteiger charge is 2.59. The molecule has 0 aliphatic heterocycles. The molecule has 0 amide bonds. The number of rotatable bonds is 8. The summed E-state index contributed by atoms with van der Waals surface area (Å²) in [4.78, 5) is 0. The van der Waals surface area contributed by atoms with Crippen LogP contribution in [0.25, 0.3) is 0 Å². The molecule has 0 aliphatic rings. The minimum absolute atomic E-state index is 0.688. The van der Waals surface area contributed by atoms with Gasteiger partial charge in [0.1, 0.15) is 0 Å². The molecule has 2 atom stereocenters. The fourth-order valence-corrected chi connectivity index (χ4v) is 1.09. The molecule has 0 spiro atoms. The van der Waals surface area contributed by atoms with Crippen LogP contribution in [0.15, 0.2) is 0 Å². The van der Waals surface area contributed by atoms with E-state index in [-0.39, 0.29) is 0 Å². The fourth-order valence-electron chi connectivity index (χ4n) is 0.364. The fraction of sp³-hybridized carbons (Fsp3) is 1.00. The predicted octanol–water partition coefficient (Wildman–Crippen LogP) is -0.413. The second-order valence-corrected chi connectivity index (χ2v) is 3.65. The van der Waals surface area contributed by atoms with Gasteiger partial charge >= 0.3 is 23.6 Å². The Hall–Kier alpha value is -0.180. The van der Waals surface area contributed by atoms with E-state index in [0.717, 1.165) is 0 Å². The summed E-state index contributed by atoms with van der Waals surface area (Å²) in [5.74, 6) is 0. The van der Waals surface area contributed by atoms with Crippen LogP contribution in [0.5, 0.6) is 0 Å². The summed E-state index contributed by atoms with van der Waals surface area (Å²) in [5, 5.41) is 7.63. The number of halogens is 4. The molecule has 104 valence electrons. The highest BCUT2D eigenvalue weighted by molar-refractivity contribution is 7.75. The van der Waals surface area contributed by atoms with E-state index in [4.69, 9.17) is 5.11 Å². The second-order valence-electron chi connectivity index (χ2n) is 2.19. The lowest BCUT2D eigenvalue weighted by molar-refractivity contribution is -0.391. The van der Waals surface area contributed by atoms with Gasteiger partial charge in [-0.15, -0.1) is 0 Å². The van der Waals surface area contributed by atoms with Gasteiger partial charge in [-0.1, -0.05) is 0 Å². The van der Waals surface area contributed by atoms with Gasteiger partial charge in [-0.05, 0) is 0 Å². The third-order valence-corrected chi connectivity index (χ3v) is 2.03. The van der Waals surface area contributed by atoms with Crippen molar-refractivity contribution in [1.29, 1.82) is 0 Å². The van der Waals surface area contributed by atoms with Crippen LogP contribution in [0.2, 0.25) is 0 Å². The summed E-state index contributed by atoms with van der Waals surface area (Å²) in [5.41, 5.74) is 0. The first-order chi connectivity index (χ1) is 7.56. The largest absolute Gasteiger partial charge is 0.750 e. The van der Waals surface area contributed by atoms with Crippen LogP contribution in [0.4, 0.5) is 17.6 Å². The first kappa shape index (κ1) is 16.8. The minimum Gasteiger partial charge on any atom is -0.750 e. The molecule has 0 saturated heterocycles. The molecule has 1 N–H and O–H groups in total. The van der Waals surface area contributed by atoms with Gasteiger partial charge in [0.25, 0.3) is 0 Å². The molecule has 0 radical (unpaired) electrons. The molecular weight excluding hydrogens is 300 g/mol. The average Bonchev–Trinajstić information content (AvgIpc) is 2.09. The SMILES string of the molecule is O=S([O-])OCCOS(=O)OC(F)(F)C(O)(F)F. The maximum atomic E-state index is 12.2. The molecule has 2 unspecified atom stereocenters. The minimum atomic E-state index is -5.54. The Kier molecular flexibility index (Phi) is 6.60. The first-order valence-electron chi connectivity index (χ1n) is 3.51. The Balaban J connectivity index is 3.98. The van der Waals surface area contributed by atoms with Crippen molar-refractivity contribution < 1.29 is 48.2 Å². The predicted molar refractivity (Wildman–Crippen MR) is 42.2 cm³/mol.